The first kappa shape index (κ1) is 23.6. The highest BCUT2D eigenvalue weighted by Crippen LogP contribution is 2.36. The summed E-state index contributed by atoms with van der Waals surface area (Å²) in [6.45, 7) is 2.70. The maximum Gasteiger partial charge on any atom is 0.253 e. The number of hydrogen-bond acceptors (Lipinski definition) is 7. The molecule has 0 radical (unpaired) electrons. The molecule has 0 bridgehead atoms. The normalized spacial score (nSPS) is 14.1. The molecule has 4 rings (SSSR count). The highest BCUT2D eigenvalue weighted by atomic mass is 35.5. The standard InChI is InChI=1S/C24H25ClN4O5/c1-14-26-22(28-34-14)15-4-6-17(7-5-15)24(31)29-10-8-16(9-11-29)23(30)27-19-12-18(25)20(32-2)13-21(19)33-3/h4-7,12-13,16H,8-11H2,1-3H3,(H,27,30). The highest BCUT2D eigenvalue weighted by molar-refractivity contribution is 6.32. The minimum absolute atomic E-state index is 0.0710. The second-order valence-electron chi connectivity index (χ2n) is 7.96. The van der Waals surface area contributed by atoms with Crippen LogP contribution in [-0.4, -0.2) is 54.2 Å². The molecule has 0 aliphatic carbocycles. The van der Waals surface area contributed by atoms with Crippen molar-refractivity contribution in [1.29, 1.82) is 0 Å². The Bertz CT molecular complexity index is 1190. The van der Waals surface area contributed by atoms with Gasteiger partial charge in [0.25, 0.3) is 5.91 Å². The average molecular weight is 485 g/mol. The Balaban J connectivity index is 1.35. The Labute approximate surface area is 202 Å². The average Bonchev–Trinajstić information content (AvgIpc) is 3.30. The molecule has 2 aromatic carbocycles. The van der Waals surface area contributed by atoms with Gasteiger partial charge in [-0.2, -0.15) is 4.98 Å². The van der Waals surface area contributed by atoms with E-state index in [1.807, 2.05) is 0 Å². The Hall–Kier alpha value is -3.59. The van der Waals surface area contributed by atoms with Gasteiger partial charge in [-0.1, -0.05) is 28.9 Å². The van der Waals surface area contributed by atoms with E-state index in [9.17, 15) is 9.59 Å². The van der Waals surface area contributed by atoms with Crippen LogP contribution in [0, 0.1) is 12.8 Å². The Kier molecular flexibility index (Phi) is 7.02. The first-order valence-corrected chi connectivity index (χ1v) is 11.2. The lowest BCUT2D eigenvalue weighted by Gasteiger charge is -2.31. The fourth-order valence-electron chi connectivity index (χ4n) is 3.90. The number of carbonyl (C=O) groups excluding carboxylic acids is 2. The predicted molar refractivity (Wildman–Crippen MR) is 126 cm³/mol. The van der Waals surface area contributed by atoms with E-state index in [1.165, 1.54) is 14.2 Å². The molecule has 2 heterocycles. The molecule has 1 fully saturated rings. The van der Waals surface area contributed by atoms with Crippen molar-refractivity contribution < 1.29 is 23.6 Å². The summed E-state index contributed by atoms with van der Waals surface area (Å²) in [4.78, 5) is 31.7. The van der Waals surface area contributed by atoms with Gasteiger partial charge in [0, 0.05) is 43.1 Å². The molecular weight excluding hydrogens is 460 g/mol. The smallest absolute Gasteiger partial charge is 0.253 e. The van der Waals surface area contributed by atoms with Gasteiger partial charge in [-0.15, -0.1) is 0 Å². The minimum atomic E-state index is -0.224. The van der Waals surface area contributed by atoms with Crippen molar-refractivity contribution in [1.82, 2.24) is 15.0 Å². The molecule has 1 saturated heterocycles. The van der Waals surface area contributed by atoms with Gasteiger partial charge < -0.3 is 24.2 Å². The summed E-state index contributed by atoms with van der Waals surface area (Å²) in [6.07, 6.45) is 1.12. The van der Waals surface area contributed by atoms with Crippen molar-refractivity contribution >= 4 is 29.1 Å². The number of nitrogens with one attached hydrogen (secondary N) is 1. The first-order valence-electron chi connectivity index (χ1n) is 10.8. The maximum atomic E-state index is 12.9. The summed E-state index contributed by atoms with van der Waals surface area (Å²) < 4.78 is 15.5. The van der Waals surface area contributed by atoms with Gasteiger partial charge in [-0.3, -0.25) is 9.59 Å². The molecule has 10 heteroatoms. The number of hydrogen-bond donors (Lipinski definition) is 1. The molecule has 1 N–H and O–H groups in total. The topological polar surface area (TPSA) is 107 Å². The second-order valence-corrected chi connectivity index (χ2v) is 8.36. The molecule has 1 aromatic heterocycles. The van der Waals surface area contributed by atoms with E-state index in [4.69, 9.17) is 25.6 Å². The molecule has 3 aromatic rings. The number of rotatable bonds is 6. The number of benzene rings is 2. The number of carbonyl (C=O) groups is 2. The Morgan fingerprint density at radius 3 is 2.35 bits per heavy atom. The number of aryl methyl sites for hydroxylation is 1. The molecule has 0 spiro atoms. The Morgan fingerprint density at radius 2 is 1.76 bits per heavy atom. The molecule has 0 unspecified atom stereocenters. The summed E-state index contributed by atoms with van der Waals surface area (Å²) in [5.74, 6) is 1.46. The molecule has 2 amide bonds. The van der Waals surface area contributed by atoms with Crippen molar-refractivity contribution in [2.24, 2.45) is 5.92 Å². The number of halogens is 1. The summed E-state index contributed by atoms with van der Waals surface area (Å²) in [5, 5.41) is 7.16. The highest BCUT2D eigenvalue weighted by Gasteiger charge is 2.28. The zero-order chi connectivity index (χ0) is 24.2. The lowest BCUT2D eigenvalue weighted by molar-refractivity contribution is -0.121. The molecule has 9 nitrogen and oxygen atoms in total. The number of methoxy groups -OCH3 is 2. The quantitative estimate of drug-likeness (QED) is 0.558. The van der Waals surface area contributed by atoms with Crippen molar-refractivity contribution in [2.45, 2.75) is 19.8 Å². The zero-order valence-electron chi connectivity index (χ0n) is 19.1. The van der Waals surface area contributed by atoms with E-state index in [1.54, 1.807) is 48.2 Å². The van der Waals surface area contributed by atoms with Crippen LogP contribution < -0.4 is 14.8 Å². The van der Waals surface area contributed by atoms with Crippen LogP contribution in [0.4, 0.5) is 5.69 Å². The number of likely N-dealkylation sites (tertiary alicyclic amines) is 1. The number of aromatic nitrogens is 2. The maximum absolute atomic E-state index is 12.9. The fourth-order valence-corrected chi connectivity index (χ4v) is 4.14. The third-order valence-corrected chi connectivity index (χ3v) is 6.10. The number of piperidine rings is 1. The van der Waals surface area contributed by atoms with Crippen LogP contribution in [0.1, 0.15) is 29.1 Å². The van der Waals surface area contributed by atoms with E-state index in [2.05, 4.69) is 15.5 Å². The van der Waals surface area contributed by atoms with Crippen molar-refractivity contribution in [3.63, 3.8) is 0 Å². The molecule has 1 aliphatic heterocycles. The van der Waals surface area contributed by atoms with Crippen LogP contribution in [-0.2, 0) is 4.79 Å². The molecule has 0 atom stereocenters. The van der Waals surface area contributed by atoms with Gasteiger partial charge in [-0.25, -0.2) is 0 Å². The first-order chi connectivity index (χ1) is 16.4. The number of amides is 2. The van der Waals surface area contributed by atoms with E-state index < -0.39 is 0 Å². The van der Waals surface area contributed by atoms with Crippen LogP contribution in [0.15, 0.2) is 40.9 Å². The lowest BCUT2D eigenvalue weighted by Crippen LogP contribution is -2.41. The third-order valence-electron chi connectivity index (χ3n) is 5.80. The minimum Gasteiger partial charge on any atom is -0.495 e. The summed E-state index contributed by atoms with van der Waals surface area (Å²) >= 11 is 6.20. The second kappa shape index (κ2) is 10.1. The zero-order valence-corrected chi connectivity index (χ0v) is 19.9. The summed E-state index contributed by atoms with van der Waals surface area (Å²) in [7, 11) is 3.02. The van der Waals surface area contributed by atoms with Gasteiger partial charge in [-0.05, 0) is 31.0 Å². The number of anilines is 1. The lowest BCUT2D eigenvalue weighted by atomic mass is 9.95. The van der Waals surface area contributed by atoms with Gasteiger partial charge in [0.05, 0.1) is 24.9 Å². The summed E-state index contributed by atoms with van der Waals surface area (Å²) in [5.41, 5.74) is 1.83. The van der Waals surface area contributed by atoms with Crippen LogP contribution in [0.5, 0.6) is 11.5 Å². The van der Waals surface area contributed by atoms with E-state index in [0.29, 0.717) is 65.4 Å². The van der Waals surface area contributed by atoms with Gasteiger partial charge in [0.2, 0.25) is 17.6 Å². The Morgan fingerprint density at radius 1 is 1.09 bits per heavy atom. The van der Waals surface area contributed by atoms with E-state index in [0.717, 1.165) is 5.56 Å². The summed E-state index contributed by atoms with van der Waals surface area (Å²) in [6, 6.07) is 10.3. The molecule has 0 saturated carbocycles. The van der Waals surface area contributed by atoms with Crippen molar-refractivity contribution in [2.75, 3.05) is 32.6 Å². The van der Waals surface area contributed by atoms with Crippen LogP contribution in [0.2, 0.25) is 5.02 Å². The van der Waals surface area contributed by atoms with Gasteiger partial charge >= 0.3 is 0 Å². The van der Waals surface area contributed by atoms with Gasteiger partial charge in [0.15, 0.2) is 0 Å². The van der Waals surface area contributed by atoms with Crippen LogP contribution >= 0.6 is 11.6 Å². The molecule has 178 valence electrons. The number of nitrogens with zero attached hydrogens (tertiary/aromatic N) is 3. The van der Waals surface area contributed by atoms with Crippen molar-refractivity contribution in [3.05, 3.63) is 52.9 Å². The monoisotopic (exact) mass is 484 g/mol. The third kappa shape index (κ3) is 4.99. The van der Waals surface area contributed by atoms with Crippen LogP contribution in [0.3, 0.4) is 0 Å². The number of ether oxygens (including phenoxy) is 2. The SMILES string of the molecule is COc1cc(OC)c(NC(=O)C2CCN(C(=O)c3ccc(-c4noc(C)n4)cc3)CC2)cc1Cl. The van der Waals surface area contributed by atoms with E-state index >= 15 is 0 Å². The fraction of sp³-hybridized carbons (Fsp3) is 0.333. The molecule has 1 aliphatic rings. The van der Waals surface area contributed by atoms with E-state index in [-0.39, 0.29) is 17.7 Å². The molecule has 34 heavy (non-hydrogen) atoms. The molecular formula is C24H25ClN4O5. The van der Waals surface area contributed by atoms with Crippen molar-refractivity contribution in [3.8, 4) is 22.9 Å². The van der Waals surface area contributed by atoms with Gasteiger partial charge in [0.1, 0.15) is 11.5 Å². The largest absolute Gasteiger partial charge is 0.495 e. The van der Waals surface area contributed by atoms with Crippen LogP contribution in [0.25, 0.3) is 11.4 Å². The predicted octanol–water partition coefficient (Wildman–Crippen LogP) is 4.21.